The maximum absolute atomic E-state index is 6.53. The molecule has 73 heavy (non-hydrogen) atoms. The van der Waals surface area contributed by atoms with Gasteiger partial charge in [-0.05, 0) is 120 Å². The highest BCUT2D eigenvalue weighted by atomic mass is 16.3. The summed E-state index contributed by atoms with van der Waals surface area (Å²) < 4.78 is 6.53. The molecule has 0 unspecified atom stereocenters. The molecular formula is C71H47NO. The van der Waals surface area contributed by atoms with E-state index in [0.717, 1.165) is 61.3 Å². The van der Waals surface area contributed by atoms with Gasteiger partial charge in [-0.1, -0.05) is 243 Å². The normalized spacial score (nSPS) is 12.5. The molecule has 1 aliphatic carbocycles. The van der Waals surface area contributed by atoms with Gasteiger partial charge in [0.15, 0.2) is 0 Å². The number of rotatable bonds is 9. The van der Waals surface area contributed by atoms with Crippen LogP contribution in [0.15, 0.2) is 290 Å². The highest BCUT2D eigenvalue weighted by molar-refractivity contribution is 6.09. The largest absolute Gasteiger partial charge is 0.455 e. The molecule has 0 saturated heterocycles. The minimum Gasteiger partial charge on any atom is -0.455 e. The van der Waals surface area contributed by atoms with Crippen molar-refractivity contribution < 1.29 is 4.42 Å². The number of benzene rings is 12. The second-order valence-electron chi connectivity index (χ2n) is 19.1. The van der Waals surface area contributed by atoms with Crippen molar-refractivity contribution >= 4 is 49.8 Å². The van der Waals surface area contributed by atoms with E-state index in [1.807, 2.05) is 12.1 Å². The molecule has 1 aromatic heterocycles. The highest BCUT2D eigenvalue weighted by Crippen LogP contribution is 2.59. The summed E-state index contributed by atoms with van der Waals surface area (Å²) in [6.45, 7) is 0. The van der Waals surface area contributed by atoms with Gasteiger partial charge in [0.2, 0.25) is 0 Å². The smallest absolute Gasteiger partial charge is 0.143 e. The molecule has 342 valence electrons. The lowest BCUT2D eigenvalue weighted by atomic mass is 9.67. The van der Waals surface area contributed by atoms with Crippen LogP contribution in [0.3, 0.4) is 0 Å². The van der Waals surface area contributed by atoms with Crippen LogP contribution in [0.2, 0.25) is 0 Å². The predicted molar refractivity (Wildman–Crippen MR) is 305 cm³/mol. The Labute approximate surface area is 425 Å². The molecule has 2 heteroatoms. The summed E-state index contributed by atoms with van der Waals surface area (Å²) in [7, 11) is 0. The lowest BCUT2D eigenvalue weighted by Gasteiger charge is -2.34. The van der Waals surface area contributed by atoms with Crippen LogP contribution in [0.5, 0.6) is 0 Å². The van der Waals surface area contributed by atoms with Crippen LogP contribution < -0.4 is 4.90 Å². The summed E-state index contributed by atoms with van der Waals surface area (Å²) in [5.41, 5.74) is 21.3. The Morgan fingerprint density at radius 1 is 0.301 bits per heavy atom. The van der Waals surface area contributed by atoms with E-state index in [0.29, 0.717) is 0 Å². The maximum Gasteiger partial charge on any atom is 0.143 e. The molecule has 0 saturated carbocycles. The molecule has 0 N–H and O–H groups in total. The number of nitrogens with zero attached hydrogens (tertiary/aromatic N) is 1. The zero-order valence-electron chi connectivity index (χ0n) is 40.0. The molecule has 0 spiro atoms. The average Bonchev–Trinajstić information content (AvgIpc) is 4.01. The fourth-order valence-corrected chi connectivity index (χ4v) is 11.8. The fraction of sp³-hybridized carbons (Fsp3) is 0.0141. The van der Waals surface area contributed by atoms with E-state index >= 15 is 0 Å². The Bertz CT molecular complexity index is 4130. The minimum absolute atomic E-state index is 0.513. The van der Waals surface area contributed by atoms with Gasteiger partial charge in [0, 0.05) is 33.3 Å². The van der Waals surface area contributed by atoms with Crippen molar-refractivity contribution in [1.82, 2.24) is 0 Å². The Hall–Kier alpha value is -9.50. The van der Waals surface area contributed by atoms with Crippen molar-refractivity contribution in [1.29, 1.82) is 0 Å². The van der Waals surface area contributed by atoms with Crippen molar-refractivity contribution in [2.75, 3.05) is 4.90 Å². The summed E-state index contributed by atoms with van der Waals surface area (Å²) in [6.07, 6.45) is 0. The van der Waals surface area contributed by atoms with E-state index in [-0.39, 0.29) is 0 Å². The first-order valence-electron chi connectivity index (χ1n) is 25.2. The van der Waals surface area contributed by atoms with Crippen LogP contribution in [0.4, 0.5) is 17.1 Å². The summed E-state index contributed by atoms with van der Waals surface area (Å²) >= 11 is 0. The van der Waals surface area contributed by atoms with Gasteiger partial charge in [-0.2, -0.15) is 0 Å². The van der Waals surface area contributed by atoms with E-state index in [2.05, 4.69) is 278 Å². The molecule has 0 fully saturated rings. The molecule has 0 bridgehead atoms. The SMILES string of the molecule is c1ccc(C2(c3ccccc3)c3ccccc3-c3c(-c4ccccc4N(c4ccc(-c5ccc(-c6ccc7ccccc7c6)cc5)cc4)c4ccc(-c5cccc6c5oc5ccccc56)cc4)cccc32)cc1. The molecule has 0 amide bonds. The van der Waals surface area contributed by atoms with Crippen LogP contribution in [-0.2, 0) is 5.41 Å². The number of anilines is 3. The van der Waals surface area contributed by atoms with E-state index in [9.17, 15) is 0 Å². The third kappa shape index (κ3) is 6.94. The van der Waals surface area contributed by atoms with Crippen LogP contribution in [-0.4, -0.2) is 0 Å². The van der Waals surface area contributed by atoms with Gasteiger partial charge < -0.3 is 9.32 Å². The van der Waals surface area contributed by atoms with Crippen LogP contribution in [0.1, 0.15) is 22.3 Å². The Kier molecular flexibility index (Phi) is 10.1. The number of hydrogen-bond acceptors (Lipinski definition) is 2. The van der Waals surface area contributed by atoms with Crippen LogP contribution in [0.25, 0.3) is 88.3 Å². The standard InChI is InChI=1S/C71H47NO/c1-3-19-55(20-4-1)71(56-21-5-2-6-22-56)65-29-12-9-25-64(65)69-62(27-16-30-66(69)71)60-23-10-13-31-67(60)72(58-45-41-52(42-46-58)59-26-15-28-63-61-24-11-14-32-68(61)73-70(59)63)57-43-39-50(40-44-57)49-33-35-51(36-34-49)54-38-37-48-17-7-8-18-53(48)47-54/h1-47H. The number of furan rings is 1. The fourth-order valence-electron chi connectivity index (χ4n) is 11.8. The van der Waals surface area contributed by atoms with Crippen molar-refractivity contribution in [3.05, 3.63) is 307 Å². The molecule has 0 radical (unpaired) electrons. The van der Waals surface area contributed by atoms with Crippen molar-refractivity contribution in [3.8, 4) is 55.6 Å². The highest BCUT2D eigenvalue weighted by Gasteiger charge is 2.47. The van der Waals surface area contributed by atoms with Crippen molar-refractivity contribution in [3.63, 3.8) is 0 Å². The minimum atomic E-state index is -0.513. The molecule has 13 aromatic rings. The first-order chi connectivity index (χ1) is 36.2. The van der Waals surface area contributed by atoms with Crippen LogP contribution in [0, 0.1) is 0 Å². The second-order valence-corrected chi connectivity index (χ2v) is 19.1. The van der Waals surface area contributed by atoms with Crippen molar-refractivity contribution in [2.24, 2.45) is 0 Å². The van der Waals surface area contributed by atoms with Gasteiger partial charge in [-0.15, -0.1) is 0 Å². The second kappa shape index (κ2) is 17.4. The number of para-hydroxylation sites is 3. The van der Waals surface area contributed by atoms with Gasteiger partial charge in [0.1, 0.15) is 11.2 Å². The van der Waals surface area contributed by atoms with Gasteiger partial charge >= 0.3 is 0 Å². The summed E-state index contributed by atoms with van der Waals surface area (Å²) in [6, 6.07) is 104. The van der Waals surface area contributed by atoms with E-state index in [4.69, 9.17) is 4.42 Å². The van der Waals surface area contributed by atoms with E-state index in [1.165, 1.54) is 66.4 Å². The Balaban J connectivity index is 0.915. The monoisotopic (exact) mass is 929 g/mol. The predicted octanol–water partition coefficient (Wildman–Crippen LogP) is 19.2. The number of hydrogen-bond donors (Lipinski definition) is 0. The third-order valence-corrected chi connectivity index (χ3v) is 15.2. The van der Waals surface area contributed by atoms with Gasteiger partial charge in [0.25, 0.3) is 0 Å². The van der Waals surface area contributed by atoms with Crippen molar-refractivity contribution in [2.45, 2.75) is 5.41 Å². The quantitative estimate of drug-likeness (QED) is 0.143. The van der Waals surface area contributed by atoms with Gasteiger partial charge in [0.05, 0.1) is 11.1 Å². The topological polar surface area (TPSA) is 16.4 Å². The molecule has 0 aliphatic heterocycles. The molecule has 12 aromatic carbocycles. The van der Waals surface area contributed by atoms with E-state index in [1.54, 1.807) is 0 Å². The summed E-state index contributed by atoms with van der Waals surface area (Å²) in [5, 5.41) is 4.75. The molecule has 0 atom stereocenters. The maximum atomic E-state index is 6.53. The summed E-state index contributed by atoms with van der Waals surface area (Å²) in [5.74, 6) is 0. The molecular weight excluding hydrogens is 883 g/mol. The Morgan fingerprint density at radius 2 is 0.795 bits per heavy atom. The zero-order valence-corrected chi connectivity index (χ0v) is 40.0. The zero-order chi connectivity index (χ0) is 48.3. The Morgan fingerprint density at radius 3 is 1.52 bits per heavy atom. The molecule has 1 aliphatic rings. The number of fused-ring (bicyclic) bond motifs is 7. The lowest BCUT2D eigenvalue weighted by molar-refractivity contribution is 0.670. The van der Waals surface area contributed by atoms with E-state index < -0.39 is 5.41 Å². The van der Waals surface area contributed by atoms with Gasteiger partial charge in [-0.25, -0.2) is 0 Å². The van der Waals surface area contributed by atoms with Crippen LogP contribution >= 0.6 is 0 Å². The average molecular weight is 930 g/mol. The first kappa shape index (κ1) is 42.4. The third-order valence-electron chi connectivity index (χ3n) is 15.2. The molecule has 1 heterocycles. The lowest BCUT2D eigenvalue weighted by Crippen LogP contribution is -2.28. The van der Waals surface area contributed by atoms with Gasteiger partial charge in [-0.3, -0.25) is 0 Å². The molecule has 2 nitrogen and oxygen atoms in total. The first-order valence-corrected chi connectivity index (χ1v) is 25.2. The summed E-state index contributed by atoms with van der Waals surface area (Å²) in [4.78, 5) is 2.43. The molecule has 14 rings (SSSR count).